The van der Waals surface area contributed by atoms with Crippen LogP contribution in [0, 0.1) is 5.92 Å². The van der Waals surface area contributed by atoms with E-state index in [2.05, 4.69) is 0 Å². The van der Waals surface area contributed by atoms with Crippen molar-refractivity contribution in [3.8, 4) is 0 Å². The summed E-state index contributed by atoms with van der Waals surface area (Å²) in [5.41, 5.74) is 4.97. The number of rotatable bonds is 4. The number of hydrogen-bond donors (Lipinski definition) is 1. The van der Waals surface area contributed by atoms with Crippen LogP contribution in [0.3, 0.4) is 0 Å². The second-order valence-electron chi connectivity index (χ2n) is 3.70. The molecule has 0 bridgehead atoms. The summed E-state index contributed by atoms with van der Waals surface area (Å²) in [4.78, 5) is 0. The molecule has 74 valence electrons. The van der Waals surface area contributed by atoms with Crippen LogP contribution in [0.5, 0.6) is 0 Å². The van der Waals surface area contributed by atoms with Crippen LogP contribution in [0.25, 0.3) is 0 Å². The monoisotopic (exact) mass is 185 g/mol. The van der Waals surface area contributed by atoms with Gasteiger partial charge in [0.15, 0.2) is 0 Å². The Morgan fingerprint density at radius 3 is 2.69 bits per heavy atom. The summed E-state index contributed by atoms with van der Waals surface area (Å²) in [5, 5.41) is 0. The number of alkyl halides is 1. The van der Waals surface area contributed by atoms with Crippen molar-refractivity contribution >= 4 is 0 Å². The molecule has 3 heteroatoms. The van der Waals surface area contributed by atoms with Crippen LogP contribution >= 0.6 is 0 Å². The zero-order valence-corrected chi connectivity index (χ0v) is 8.09. The van der Waals surface area contributed by atoms with Gasteiger partial charge in [-0.05, 0) is 17.5 Å². The molecule has 13 heavy (non-hydrogen) atoms. The standard InChI is InChI=1S/C10H16FNO/c1-8(2)10(11,7-12)5-9-3-4-13-6-9/h3-4,6,8H,5,7,12H2,1-2H3. The molecule has 1 aromatic heterocycles. The maximum atomic E-state index is 14.0. The minimum absolute atomic E-state index is 0.0514. The molecule has 0 saturated carbocycles. The van der Waals surface area contributed by atoms with E-state index < -0.39 is 5.67 Å². The van der Waals surface area contributed by atoms with Gasteiger partial charge < -0.3 is 10.2 Å². The van der Waals surface area contributed by atoms with Gasteiger partial charge >= 0.3 is 0 Å². The van der Waals surface area contributed by atoms with Crippen molar-refractivity contribution in [3.05, 3.63) is 24.2 Å². The maximum Gasteiger partial charge on any atom is 0.129 e. The molecule has 0 amide bonds. The molecular formula is C10H16FNO. The van der Waals surface area contributed by atoms with Crippen LogP contribution in [-0.2, 0) is 6.42 Å². The Balaban J connectivity index is 2.69. The average Bonchev–Trinajstić information content (AvgIpc) is 2.56. The van der Waals surface area contributed by atoms with Gasteiger partial charge in [0.25, 0.3) is 0 Å². The maximum absolute atomic E-state index is 14.0. The Labute approximate surface area is 77.9 Å². The smallest absolute Gasteiger partial charge is 0.129 e. The highest BCUT2D eigenvalue weighted by molar-refractivity contribution is 5.10. The third kappa shape index (κ3) is 2.31. The summed E-state index contributed by atoms with van der Waals surface area (Å²) in [7, 11) is 0. The largest absolute Gasteiger partial charge is 0.472 e. The molecule has 1 atom stereocenters. The Hall–Kier alpha value is -0.830. The predicted octanol–water partition coefficient (Wildman–Crippen LogP) is 2.15. The number of furan rings is 1. The quantitative estimate of drug-likeness (QED) is 0.780. The molecule has 2 N–H and O–H groups in total. The molecule has 1 aromatic rings. The van der Waals surface area contributed by atoms with Gasteiger partial charge in [0, 0.05) is 13.0 Å². The minimum Gasteiger partial charge on any atom is -0.472 e. The lowest BCUT2D eigenvalue weighted by Crippen LogP contribution is -2.40. The first-order chi connectivity index (χ1) is 6.08. The third-order valence-corrected chi connectivity index (χ3v) is 2.45. The molecular weight excluding hydrogens is 169 g/mol. The van der Waals surface area contributed by atoms with Gasteiger partial charge in [-0.3, -0.25) is 0 Å². The van der Waals surface area contributed by atoms with E-state index in [9.17, 15) is 4.39 Å². The highest BCUT2D eigenvalue weighted by Gasteiger charge is 2.32. The van der Waals surface area contributed by atoms with E-state index in [0.29, 0.717) is 6.42 Å². The average molecular weight is 185 g/mol. The fourth-order valence-corrected chi connectivity index (χ4v) is 1.24. The third-order valence-electron chi connectivity index (χ3n) is 2.45. The van der Waals surface area contributed by atoms with Crippen molar-refractivity contribution in [2.24, 2.45) is 11.7 Å². The normalized spacial score (nSPS) is 16.1. The second-order valence-corrected chi connectivity index (χ2v) is 3.70. The van der Waals surface area contributed by atoms with Crippen LogP contribution in [-0.4, -0.2) is 12.2 Å². The molecule has 0 aliphatic rings. The first-order valence-corrected chi connectivity index (χ1v) is 4.48. The van der Waals surface area contributed by atoms with Crippen molar-refractivity contribution in [2.75, 3.05) is 6.54 Å². The lowest BCUT2D eigenvalue weighted by molar-refractivity contribution is 0.110. The minimum atomic E-state index is -1.32. The first kappa shape index (κ1) is 10.3. The molecule has 0 aliphatic carbocycles. The second kappa shape index (κ2) is 3.92. The van der Waals surface area contributed by atoms with Crippen molar-refractivity contribution in [2.45, 2.75) is 25.9 Å². The molecule has 2 nitrogen and oxygen atoms in total. The lowest BCUT2D eigenvalue weighted by atomic mass is 9.87. The molecule has 0 saturated heterocycles. The van der Waals surface area contributed by atoms with E-state index in [1.54, 1.807) is 18.6 Å². The highest BCUT2D eigenvalue weighted by Crippen LogP contribution is 2.25. The van der Waals surface area contributed by atoms with Crippen LogP contribution in [0.1, 0.15) is 19.4 Å². The van der Waals surface area contributed by atoms with Gasteiger partial charge in [-0.15, -0.1) is 0 Å². The van der Waals surface area contributed by atoms with E-state index in [1.807, 2.05) is 13.8 Å². The molecule has 1 heterocycles. The molecule has 0 aromatic carbocycles. The van der Waals surface area contributed by atoms with Crippen LogP contribution in [0.4, 0.5) is 4.39 Å². The topological polar surface area (TPSA) is 39.2 Å². The lowest BCUT2D eigenvalue weighted by Gasteiger charge is -2.27. The summed E-state index contributed by atoms with van der Waals surface area (Å²) in [5.74, 6) is -0.0765. The Bertz CT molecular complexity index is 245. The Morgan fingerprint density at radius 2 is 2.31 bits per heavy atom. The zero-order chi connectivity index (χ0) is 9.90. The van der Waals surface area contributed by atoms with Crippen LogP contribution < -0.4 is 5.73 Å². The van der Waals surface area contributed by atoms with Crippen molar-refractivity contribution in [3.63, 3.8) is 0 Å². The fourth-order valence-electron chi connectivity index (χ4n) is 1.24. The van der Waals surface area contributed by atoms with Gasteiger partial charge in [-0.1, -0.05) is 13.8 Å². The molecule has 0 fully saturated rings. The predicted molar refractivity (Wildman–Crippen MR) is 50.1 cm³/mol. The van der Waals surface area contributed by atoms with Gasteiger partial charge in [-0.2, -0.15) is 0 Å². The fraction of sp³-hybridized carbons (Fsp3) is 0.600. The van der Waals surface area contributed by atoms with E-state index in [0.717, 1.165) is 5.56 Å². The SMILES string of the molecule is CC(C)C(F)(CN)Cc1ccoc1. The van der Waals surface area contributed by atoms with Gasteiger partial charge in [0.05, 0.1) is 12.5 Å². The van der Waals surface area contributed by atoms with E-state index >= 15 is 0 Å². The van der Waals surface area contributed by atoms with Gasteiger partial charge in [0.2, 0.25) is 0 Å². The summed E-state index contributed by atoms with van der Waals surface area (Å²) < 4.78 is 18.9. The number of hydrogen-bond acceptors (Lipinski definition) is 2. The van der Waals surface area contributed by atoms with E-state index in [1.165, 1.54) is 0 Å². The number of halogens is 1. The molecule has 1 unspecified atom stereocenters. The molecule has 0 aliphatic heterocycles. The molecule has 0 radical (unpaired) electrons. The molecule has 0 spiro atoms. The first-order valence-electron chi connectivity index (χ1n) is 4.48. The van der Waals surface area contributed by atoms with Crippen LogP contribution in [0.15, 0.2) is 23.0 Å². The zero-order valence-electron chi connectivity index (χ0n) is 8.09. The Kier molecular flexibility index (Phi) is 3.09. The summed E-state index contributed by atoms with van der Waals surface area (Å²) in [6, 6.07) is 1.77. The van der Waals surface area contributed by atoms with Crippen molar-refractivity contribution in [1.29, 1.82) is 0 Å². The van der Waals surface area contributed by atoms with Crippen molar-refractivity contribution < 1.29 is 8.81 Å². The summed E-state index contributed by atoms with van der Waals surface area (Å²) >= 11 is 0. The summed E-state index contributed by atoms with van der Waals surface area (Å²) in [6.45, 7) is 3.73. The van der Waals surface area contributed by atoms with E-state index in [4.69, 9.17) is 10.2 Å². The van der Waals surface area contributed by atoms with Crippen molar-refractivity contribution in [1.82, 2.24) is 0 Å². The number of nitrogens with two attached hydrogens (primary N) is 1. The van der Waals surface area contributed by atoms with Crippen LogP contribution in [0.2, 0.25) is 0 Å². The van der Waals surface area contributed by atoms with Gasteiger partial charge in [-0.25, -0.2) is 4.39 Å². The Morgan fingerprint density at radius 1 is 1.62 bits per heavy atom. The van der Waals surface area contributed by atoms with Gasteiger partial charge in [0.1, 0.15) is 5.67 Å². The highest BCUT2D eigenvalue weighted by atomic mass is 19.1. The molecule has 1 rings (SSSR count). The van der Waals surface area contributed by atoms with E-state index in [-0.39, 0.29) is 12.5 Å². The summed E-state index contributed by atoms with van der Waals surface area (Å²) in [6.07, 6.45) is 3.44.